The molecule has 1 N–H and O–H groups in total. The Labute approximate surface area is 148 Å². The molecule has 1 unspecified atom stereocenters. The van der Waals surface area contributed by atoms with Crippen molar-refractivity contribution in [3.05, 3.63) is 46.0 Å². The molecule has 5 heteroatoms. The van der Waals surface area contributed by atoms with Crippen molar-refractivity contribution < 1.29 is 5.11 Å². The van der Waals surface area contributed by atoms with Crippen LogP contribution in [-0.4, -0.2) is 42.2 Å². The topological polar surface area (TPSA) is 39.6 Å². The first-order chi connectivity index (χ1) is 11.6. The van der Waals surface area contributed by atoms with Crippen LogP contribution in [0.5, 0.6) is 0 Å². The van der Waals surface area contributed by atoms with Gasteiger partial charge in [0.25, 0.3) is 0 Å². The zero-order valence-corrected chi connectivity index (χ0v) is 15.6. The highest BCUT2D eigenvalue weighted by Crippen LogP contribution is 2.37. The van der Waals surface area contributed by atoms with E-state index in [1.165, 1.54) is 22.4 Å². The van der Waals surface area contributed by atoms with E-state index in [-0.39, 0.29) is 6.61 Å². The number of rotatable bonds is 7. The van der Waals surface area contributed by atoms with E-state index in [2.05, 4.69) is 46.0 Å². The molecule has 0 radical (unpaired) electrons. The summed E-state index contributed by atoms with van der Waals surface area (Å²) in [6, 6.07) is 9.25. The maximum absolute atomic E-state index is 9.31. The number of nitrogens with zero attached hydrogens (tertiary/aromatic N) is 3. The predicted octanol–water partition coefficient (Wildman–Crippen LogP) is 3.39. The predicted molar refractivity (Wildman–Crippen MR) is 101 cm³/mol. The van der Waals surface area contributed by atoms with Gasteiger partial charge in [0.05, 0.1) is 5.69 Å². The Kier molecular flexibility index (Phi) is 5.54. The van der Waals surface area contributed by atoms with Gasteiger partial charge in [-0.15, -0.1) is 11.3 Å². The molecule has 1 aromatic carbocycles. The second-order valence-corrected chi connectivity index (χ2v) is 7.76. The number of aliphatic hydroxyl groups excluding tert-OH is 1. The van der Waals surface area contributed by atoms with Crippen LogP contribution >= 0.6 is 11.3 Å². The standard InChI is InChI=1S/C19H27N3OS/c1-14-18(24-19(20-14)21(2)3)13-22(11-6-12-23)17-10-9-15-7-4-5-8-16(15)17/h4-5,7-8,17,23H,6,9-13H2,1-3H3. The fourth-order valence-corrected chi connectivity index (χ4v) is 4.48. The van der Waals surface area contributed by atoms with Gasteiger partial charge >= 0.3 is 0 Å². The molecule has 1 aliphatic carbocycles. The van der Waals surface area contributed by atoms with Crippen LogP contribution in [0.25, 0.3) is 0 Å². The molecular formula is C19H27N3OS. The summed E-state index contributed by atoms with van der Waals surface area (Å²) >= 11 is 1.78. The van der Waals surface area contributed by atoms with Crippen molar-refractivity contribution in [1.82, 2.24) is 9.88 Å². The number of thiazole rings is 1. The van der Waals surface area contributed by atoms with E-state index in [0.29, 0.717) is 6.04 Å². The Morgan fingerprint density at radius 1 is 1.29 bits per heavy atom. The second-order valence-electron chi connectivity index (χ2n) is 6.70. The number of hydrogen-bond donors (Lipinski definition) is 1. The fourth-order valence-electron chi connectivity index (χ4n) is 3.47. The van der Waals surface area contributed by atoms with Crippen molar-refractivity contribution in [2.75, 3.05) is 32.1 Å². The van der Waals surface area contributed by atoms with Crippen molar-refractivity contribution in [3.63, 3.8) is 0 Å². The van der Waals surface area contributed by atoms with Gasteiger partial charge in [-0.05, 0) is 37.3 Å². The molecule has 0 spiro atoms. The van der Waals surface area contributed by atoms with Crippen molar-refractivity contribution in [3.8, 4) is 0 Å². The van der Waals surface area contributed by atoms with E-state index in [0.717, 1.165) is 36.8 Å². The number of aryl methyl sites for hydroxylation is 2. The van der Waals surface area contributed by atoms with E-state index >= 15 is 0 Å². The molecule has 0 saturated heterocycles. The van der Waals surface area contributed by atoms with E-state index in [9.17, 15) is 5.11 Å². The van der Waals surface area contributed by atoms with E-state index < -0.39 is 0 Å². The molecule has 4 nitrogen and oxygen atoms in total. The average Bonchev–Trinajstić information content (AvgIpc) is 3.15. The maximum atomic E-state index is 9.31. The highest BCUT2D eigenvalue weighted by Gasteiger charge is 2.28. The fraction of sp³-hybridized carbons (Fsp3) is 0.526. The Morgan fingerprint density at radius 3 is 2.79 bits per heavy atom. The van der Waals surface area contributed by atoms with Crippen LogP contribution in [0.1, 0.15) is 40.6 Å². The van der Waals surface area contributed by atoms with Crippen molar-refractivity contribution >= 4 is 16.5 Å². The van der Waals surface area contributed by atoms with Crippen molar-refractivity contribution in [1.29, 1.82) is 0 Å². The zero-order valence-electron chi connectivity index (χ0n) is 14.8. The quantitative estimate of drug-likeness (QED) is 0.835. The lowest BCUT2D eigenvalue weighted by atomic mass is 10.1. The molecular weight excluding hydrogens is 318 g/mol. The molecule has 0 fully saturated rings. The lowest BCUT2D eigenvalue weighted by Crippen LogP contribution is -2.28. The molecule has 0 saturated carbocycles. The number of anilines is 1. The van der Waals surface area contributed by atoms with Gasteiger partial charge in [-0.25, -0.2) is 4.98 Å². The van der Waals surface area contributed by atoms with Crippen molar-refractivity contribution in [2.45, 2.75) is 38.8 Å². The molecule has 1 heterocycles. The third-order valence-electron chi connectivity index (χ3n) is 4.76. The zero-order chi connectivity index (χ0) is 17.1. The summed E-state index contributed by atoms with van der Waals surface area (Å²) in [5.41, 5.74) is 4.07. The lowest BCUT2D eigenvalue weighted by Gasteiger charge is -2.29. The summed E-state index contributed by atoms with van der Waals surface area (Å²) in [6.07, 6.45) is 3.14. The average molecular weight is 346 g/mol. The molecule has 0 amide bonds. The summed E-state index contributed by atoms with van der Waals surface area (Å²) in [5.74, 6) is 0. The maximum Gasteiger partial charge on any atom is 0.185 e. The Morgan fingerprint density at radius 2 is 2.08 bits per heavy atom. The molecule has 3 rings (SSSR count). The van der Waals surface area contributed by atoms with Crippen LogP contribution in [0.3, 0.4) is 0 Å². The normalized spacial score (nSPS) is 16.6. The van der Waals surface area contributed by atoms with Crippen LogP contribution in [0.4, 0.5) is 5.13 Å². The first-order valence-electron chi connectivity index (χ1n) is 8.66. The summed E-state index contributed by atoms with van der Waals surface area (Å²) < 4.78 is 0. The van der Waals surface area contributed by atoms with E-state index in [1.54, 1.807) is 11.3 Å². The van der Waals surface area contributed by atoms with Crippen LogP contribution in [-0.2, 0) is 13.0 Å². The number of fused-ring (bicyclic) bond motifs is 1. The third-order valence-corrected chi connectivity index (χ3v) is 6.07. The monoisotopic (exact) mass is 345 g/mol. The van der Waals surface area contributed by atoms with Crippen LogP contribution in [0.2, 0.25) is 0 Å². The van der Waals surface area contributed by atoms with E-state index in [4.69, 9.17) is 0 Å². The molecule has 1 aliphatic rings. The van der Waals surface area contributed by atoms with Gasteiger partial charge in [0, 0.05) is 44.7 Å². The van der Waals surface area contributed by atoms with Gasteiger partial charge in [-0.2, -0.15) is 0 Å². The molecule has 1 atom stereocenters. The molecule has 24 heavy (non-hydrogen) atoms. The number of hydrogen-bond acceptors (Lipinski definition) is 5. The minimum absolute atomic E-state index is 0.246. The SMILES string of the molecule is Cc1nc(N(C)C)sc1CN(CCCO)C1CCc2ccccc21. The van der Waals surface area contributed by atoms with Crippen molar-refractivity contribution in [2.24, 2.45) is 0 Å². The van der Waals surface area contributed by atoms with Gasteiger partial charge in [0.2, 0.25) is 0 Å². The highest BCUT2D eigenvalue weighted by molar-refractivity contribution is 7.15. The Balaban J connectivity index is 1.83. The van der Waals surface area contributed by atoms with Gasteiger partial charge < -0.3 is 10.0 Å². The van der Waals surface area contributed by atoms with Gasteiger partial charge in [0.1, 0.15) is 0 Å². The largest absolute Gasteiger partial charge is 0.396 e. The number of aliphatic hydroxyl groups is 1. The molecule has 130 valence electrons. The van der Waals surface area contributed by atoms with E-state index in [1.807, 2.05) is 14.1 Å². The summed E-state index contributed by atoms with van der Waals surface area (Å²) in [7, 11) is 4.08. The number of aromatic nitrogens is 1. The Bertz CT molecular complexity index is 683. The van der Waals surface area contributed by atoms with Crippen LogP contribution in [0.15, 0.2) is 24.3 Å². The first kappa shape index (κ1) is 17.4. The third kappa shape index (κ3) is 3.63. The molecule has 2 aromatic rings. The minimum atomic E-state index is 0.246. The number of benzene rings is 1. The molecule has 0 aliphatic heterocycles. The highest BCUT2D eigenvalue weighted by atomic mass is 32.1. The van der Waals surface area contributed by atoms with Gasteiger partial charge in [-0.3, -0.25) is 4.90 Å². The molecule has 0 bridgehead atoms. The van der Waals surface area contributed by atoms with Gasteiger partial charge in [0.15, 0.2) is 5.13 Å². The van der Waals surface area contributed by atoms with Crippen LogP contribution < -0.4 is 4.90 Å². The minimum Gasteiger partial charge on any atom is -0.396 e. The summed E-state index contributed by atoms with van der Waals surface area (Å²) in [5, 5.41) is 10.4. The smallest absolute Gasteiger partial charge is 0.185 e. The first-order valence-corrected chi connectivity index (χ1v) is 9.48. The summed E-state index contributed by atoms with van der Waals surface area (Å²) in [4.78, 5) is 10.6. The lowest BCUT2D eigenvalue weighted by molar-refractivity contribution is 0.167. The second kappa shape index (κ2) is 7.64. The van der Waals surface area contributed by atoms with Gasteiger partial charge in [-0.1, -0.05) is 24.3 Å². The van der Waals surface area contributed by atoms with Crippen LogP contribution in [0, 0.1) is 6.92 Å². The summed E-state index contributed by atoms with van der Waals surface area (Å²) in [6.45, 7) is 4.18. The molecule has 1 aromatic heterocycles. The Hall–Kier alpha value is -1.43.